The summed E-state index contributed by atoms with van der Waals surface area (Å²) in [5.74, 6) is -0.0968. The van der Waals surface area contributed by atoms with Gasteiger partial charge in [-0.2, -0.15) is 0 Å². The van der Waals surface area contributed by atoms with E-state index in [0.717, 1.165) is 0 Å². The molecule has 0 aromatic heterocycles. The summed E-state index contributed by atoms with van der Waals surface area (Å²) in [7, 11) is 3.05. The van der Waals surface area contributed by atoms with Crippen LogP contribution in [-0.4, -0.2) is 49.2 Å². The van der Waals surface area contributed by atoms with Gasteiger partial charge in [0.1, 0.15) is 11.9 Å². The fourth-order valence-corrected chi connectivity index (χ4v) is 3.76. The summed E-state index contributed by atoms with van der Waals surface area (Å²) >= 11 is 0. The zero-order chi connectivity index (χ0) is 25.2. The van der Waals surface area contributed by atoms with Crippen LogP contribution in [0.3, 0.4) is 0 Å². The van der Waals surface area contributed by atoms with Crippen molar-refractivity contribution in [1.29, 1.82) is 0 Å². The number of rotatable bonds is 11. The lowest BCUT2D eigenvalue weighted by atomic mass is 10.0. The molecule has 3 aromatic rings. The van der Waals surface area contributed by atoms with E-state index < -0.39 is 17.8 Å². The maximum atomic E-state index is 13.7. The molecule has 0 saturated carbocycles. The van der Waals surface area contributed by atoms with Gasteiger partial charge in [0.2, 0.25) is 11.8 Å². The van der Waals surface area contributed by atoms with Gasteiger partial charge in [-0.1, -0.05) is 48.5 Å². The maximum Gasteiger partial charge on any atom is 0.247 e. The van der Waals surface area contributed by atoms with E-state index in [1.54, 1.807) is 54.6 Å². The fourth-order valence-electron chi connectivity index (χ4n) is 3.76. The van der Waals surface area contributed by atoms with E-state index in [4.69, 9.17) is 9.47 Å². The first-order chi connectivity index (χ1) is 17.0. The molecule has 0 saturated heterocycles. The molecule has 2 amide bonds. The van der Waals surface area contributed by atoms with E-state index in [0.29, 0.717) is 28.2 Å². The second kappa shape index (κ2) is 12.5. The van der Waals surface area contributed by atoms with Gasteiger partial charge in [-0.15, -0.1) is 0 Å². The number of nitrogens with zero attached hydrogens (tertiary/aromatic N) is 1. The molecule has 1 atom stereocenters. The normalized spacial score (nSPS) is 11.4. The van der Waals surface area contributed by atoms with Crippen molar-refractivity contribution in [3.63, 3.8) is 0 Å². The number of aliphatic hydroxyl groups excluding tert-OH is 1. The number of nitrogens with one attached hydrogen (secondary N) is 1. The van der Waals surface area contributed by atoms with Gasteiger partial charge in [-0.05, 0) is 41.0 Å². The Bertz CT molecular complexity index is 1120. The van der Waals surface area contributed by atoms with E-state index in [1.165, 1.54) is 31.3 Å². The molecule has 0 aliphatic rings. The maximum absolute atomic E-state index is 13.7. The Balaban J connectivity index is 1.99. The average Bonchev–Trinajstić information content (AvgIpc) is 2.88. The number of aliphatic hydroxyl groups is 1. The van der Waals surface area contributed by atoms with Crippen molar-refractivity contribution >= 4 is 11.8 Å². The number of benzene rings is 3. The SMILES string of the molecule is COc1ccc(CC(=O)N(Cc2ccc(F)cc2)[C@H](C(=O)NCCO)c2ccccc2)cc1OC. The number of ether oxygens (including phenoxy) is 2. The predicted molar refractivity (Wildman–Crippen MR) is 129 cm³/mol. The molecule has 0 aliphatic heterocycles. The van der Waals surface area contributed by atoms with E-state index in [9.17, 15) is 19.1 Å². The van der Waals surface area contributed by atoms with E-state index in [1.807, 2.05) is 6.07 Å². The molecular formula is C27H29FN2O5. The highest BCUT2D eigenvalue weighted by molar-refractivity contribution is 5.89. The second-order valence-electron chi connectivity index (χ2n) is 7.84. The van der Waals surface area contributed by atoms with Crippen molar-refractivity contribution in [3.05, 3.63) is 95.3 Å². The number of carbonyl (C=O) groups excluding carboxylic acids is 2. The summed E-state index contributed by atoms with van der Waals surface area (Å²) in [6.45, 7) is -0.0975. The van der Waals surface area contributed by atoms with Crippen molar-refractivity contribution in [2.75, 3.05) is 27.4 Å². The summed E-state index contributed by atoms with van der Waals surface area (Å²) in [6, 6.07) is 19.0. The monoisotopic (exact) mass is 480 g/mol. The Labute approximate surface area is 204 Å². The number of carbonyl (C=O) groups is 2. The van der Waals surface area contributed by atoms with Crippen molar-refractivity contribution in [1.82, 2.24) is 10.2 Å². The average molecular weight is 481 g/mol. The van der Waals surface area contributed by atoms with Gasteiger partial charge < -0.3 is 24.8 Å². The highest BCUT2D eigenvalue weighted by Gasteiger charge is 2.31. The van der Waals surface area contributed by atoms with Crippen LogP contribution in [0.1, 0.15) is 22.7 Å². The third-order valence-electron chi connectivity index (χ3n) is 5.48. The molecule has 0 bridgehead atoms. The minimum atomic E-state index is -0.958. The zero-order valence-electron chi connectivity index (χ0n) is 19.7. The lowest BCUT2D eigenvalue weighted by Crippen LogP contribution is -2.44. The van der Waals surface area contributed by atoms with E-state index in [-0.39, 0.29) is 32.0 Å². The molecule has 0 fully saturated rings. The van der Waals surface area contributed by atoms with Crippen LogP contribution in [0.15, 0.2) is 72.8 Å². The van der Waals surface area contributed by atoms with Gasteiger partial charge in [0.05, 0.1) is 27.2 Å². The van der Waals surface area contributed by atoms with Crippen LogP contribution in [0.2, 0.25) is 0 Å². The zero-order valence-corrected chi connectivity index (χ0v) is 19.7. The Kier molecular flexibility index (Phi) is 9.20. The molecule has 0 spiro atoms. The molecule has 8 heteroatoms. The van der Waals surface area contributed by atoms with Gasteiger partial charge in [-0.3, -0.25) is 9.59 Å². The van der Waals surface area contributed by atoms with Crippen LogP contribution in [0.25, 0.3) is 0 Å². The molecule has 7 nitrogen and oxygen atoms in total. The smallest absolute Gasteiger partial charge is 0.247 e. The van der Waals surface area contributed by atoms with Gasteiger partial charge in [0, 0.05) is 13.1 Å². The number of hydrogen-bond donors (Lipinski definition) is 2. The molecule has 2 N–H and O–H groups in total. The first-order valence-corrected chi connectivity index (χ1v) is 11.1. The van der Waals surface area contributed by atoms with Crippen molar-refractivity contribution in [2.24, 2.45) is 0 Å². The molecule has 35 heavy (non-hydrogen) atoms. The van der Waals surface area contributed by atoms with Crippen LogP contribution in [-0.2, 0) is 22.6 Å². The Morgan fingerprint density at radius 1 is 0.943 bits per heavy atom. The van der Waals surface area contributed by atoms with Gasteiger partial charge in [0.15, 0.2) is 11.5 Å². The molecule has 0 radical (unpaired) electrons. The van der Waals surface area contributed by atoms with E-state index in [2.05, 4.69) is 5.32 Å². The van der Waals surface area contributed by atoms with Crippen molar-refractivity contribution in [3.8, 4) is 11.5 Å². The van der Waals surface area contributed by atoms with Crippen LogP contribution in [0, 0.1) is 5.82 Å². The summed E-state index contributed by atoms with van der Waals surface area (Å²) in [5, 5.41) is 11.9. The highest BCUT2D eigenvalue weighted by Crippen LogP contribution is 2.29. The number of halogens is 1. The minimum absolute atomic E-state index is 0.00182. The van der Waals surface area contributed by atoms with Gasteiger partial charge >= 0.3 is 0 Å². The quantitative estimate of drug-likeness (QED) is 0.440. The molecule has 0 aliphatic carbocycles. The molecule has 3 rings (SSSR count). The molecule has 3 aromatic carbocycles. The molecular weight excluding hydrogens is 451 g/mol. The topological polar surface area (TPSA) is 88.1 Å². The summed E-state index contributed by atoms with van der Waals surface area (Å²) in [6.07, 6.45) is -0.00182. The Morgan fingerprint density at radius 3 is 2.23 bits per heavy atom. The number of hydrogen-bond acceptors (Lipinski definition) is 5. The number of amides is 2. The third kappa shape index (κ3) is 6.80. The Morgan fingerprint density at radius 2 is 1.60 bits per heavy atom. The lowest BCUT2D eigenvalue weighted by Gasteiger charge is -2.32. The van der Waals surface area contributed by atoms with E-state index >= 15 is 0 Å². The van der Waals surface area contributed by atoms with Gasteiger partial charge in [0.25, 0.3) is 0 Å². The summed E-state index contributed by atoms with van der Waals surface area (Å²) in [5.41, 5.74) is 1.97. The standard InChI is InChI=1S/C27H29FN2O5/c1-34-23-13-10-20(16-24(23)35-2)17-25(32)30(18-19-8-11-22(28)12-9-19)26(27(33)29-14-15-31)21-6-4-3-5-7-21/h3-13,16,26,31H,14-15,17-18H2,1-2H3,(H,29,33)/t26-/m0/s1. The second-order valence-corrected chi connectivity index (χ2v) is 7.84. The van der Waals surface area contributed by atoms with Crippen LogP contribution in [0.5, 0.6) is 11.5 Å². The van der Waals surface area contributed by atoms with Crippen LogP contribution in [0.4, 0.5) is 4.39 Å². The third-order valence-corrected chi connectivity index (χ3v) is 5.48. The highest BCUT2D eigenvalue weighted by atomic mass is 19.1. The lowest BCUT2D eigenvalue weighted by molar-refractivity contribution is -0.141. The summed E-state index contributed by atoms with van der Waals surface area (Å²) < 4.78 is 24.1. The van der Waals surface area contributed by atoms with Crippen LogP contribution < -0.4 is 14.8 Å². The van der Waals surface area contributed by atoms with Crippen LogP contribution >= 0.6 is 0 Å². The summed E-state index contributed by atoms with van der Waals surface area (Å²) in [4.78, 5) is 28.4. The first-order valence-electron chi connectivity index (χ1n) is 11.1. The first kappa shape index (κ1) is 25.7. The van der Waals surface area contributed by atoms with Crippen molar-refractivity contribution in [2.45, 2.75) is 19.0 Å². The predicted octanol–water partition coefficient (Wildman–Crippen LogP) is 3.26. The molecule has 184 valence electrons. The number of methoxy groups -OCH3 is 2. The largest absolute Gasteiger partial charge is 0.493 e. The minimum Gasteiger partial charge on any atom is -0.493 e. The molecule has 0 unspecified atom stereocenters. The van der Waals surface area contributed by atoms with Gasteiger partial charge in [-0.25, -0.2) is 4.39 Å². The van der Waals surface area contributed by atoms with Crippen molar-refractivity contribution < 1.29 is 28.6 Å². The molecule has 0 heterocycles. The Hall–Kier alpha value is -3.91. The fraction of sp³-hybridized carbons (Fsp3) is 0.259.